The molecule has 2 aromatic rings. The molecule has 0 bridgehead atoms. The predicted octanol–water partition coefficient (Wildman–Crippen LogP) is 3.15. The number of nitrogens with one attached hydrogen (secondary N) is 1. The number of aryl methyl sites for hydroxylation is 1. The van der Waals surface area contributed by atoms with E-state index in [1.54, 1.807) is 26.0 Å². The van der Waals surface area contributed by atoms with Crippen molar-refractivity contribution in [3.8, 4) is 0 Å². The van der Waals surface area contributed by atoms with Crippen molar-refractivity contribution in [3.63, 3.8) is 0 Å². The lowest BCUT2D eigenvalue weighted by Gasteiger charge is -2.38. The number of nitrogens with zero attached hydrogens (tertiary/aromatic N) is 3. The van der Waals surface area contributed by atoms with Crippen LogP contribution in [0.15, 0.2) is 34.9 Å². The number of anilines is 2. The van der Waals surface area contributed by atoms with E-state index in [1.165, 1.54) is 6.07 Å². The van der Waals surface area contributed by atoms with Crippen LogP contribution in [0.3, 0.4) is 0 Å². The van der Waals surface area contributed by atoms with E-state index in [-0.39, 0.29) is 11.9 Å². The largest absolute Gasteiger partial charge is 0.416 e. The Labute approximate surface area is 154 Å². The Bertz CT molecular complexity index is 798. The number of hydrogen-bond acceptors (Lipinski definition) is 5. The van der Waals surface area contributed by atoms with Crippen LogP contribution in [0.25, 0.3) is 0 Å². The zero-order chi connectivity index (χ0) is 19.6. The van der Waals surface area contributed by atoms with E-state index in [9.17, 15) is 18.0 Å². The van der Waals surface area contributed by atoms with Crippen molar-refractivity contribution in [2.24, 2.45) is 0 Å². The Hall–Kier alpha value is -2.55. The van der Waals surface area contributed by atoms with Crippen LogP contribution in [0.5, 0.6) is 0 Å². The molecular weight excluding hydrogens is 361 g/mol. The molecule has 0 saturated carbocycles. The van der Waals surface area contributed by atoms with Crippen LogP contribution < -0.4 is 10.2 Å². The van der Waals surface area contributed by atoms with Crippen molar-refractivity contribution in [2.45, 2.75) is 26.1 Å². The SMILES string of the molecule is Cc1cc(NC(=O)C(C)N2CCN(c3cccc(C(F)(F)F)c3)CC2)on1. The van der Waals surface area contributed by atoms with E-state index in [0.29, 0.717) is 43.4 Å². The van der Waals surface area contributed by atoms with Gasteiger partial charge in [0.2, 0.25) is 11.8 Å². The molecule has 0 spiro atoms. The number of piperazine rings is 1. The Balaban J connectivity index is 1.57. The molecular formula is C18H21F3N4O2. The van der Waals surface area contributed by atoms with Gasteiger partial charge in [0.25, 0.3) is 0 Å². The maximum absolute atomic E-state index is 12.9. The fourth-order valence-electron chi connectivity index (χ4n) is 3.06. The molecule has 1 N–H and O–H groups in total. The molecule has 1 fully saturated rings. The van der Waals surface area contributed by atoms with Gasteiger partial charge < -0.3 is 9.42 Å². The van der Waals surface area contributed by atoms with E-state index < -0.39 is 11.7 Å². The Morgan fingerprint density at radius 1 is 1.22 bits per heavy atom. The highest BCUT2D eigenvalue weighted by Crippen LogP contribution is 2.32. The molecule has 1 aromatic carbocycles. The summed E-state index contributed by atoms with van der Waals surface area (Å²) in [5.74, 6) is 0.0885. The van der Waals surface area contributed by atoms with Gasteiger partial charge in [-0.25, -0.2) is 0 Å². The van der Waals surface area contributed by atoms with Crippen molar-refractivity contribution in [1.29, 1.82) is 0 Å². The summed E-state index contributed by atoms with van der Waals surface area (Å²) in [5.41, 5.74) is 0.559. The van der Waals surface area contributed by atoms with Crippen LogP contribution >= 0.6 is 0 Å². The lowest BCUT2D eigenvalue weighted by atomic mass is 10.1. The number of alkyl halides is 3. The van der Waals surface area contributed by atoms with Crippen molar-refractivity contribution < 1.29 is 22.5 Å². The monoisotopic (exact) mass is 382 g/mol. The number of halogens is 3. The van der Waals surface area contributed by atoms with E-state index >= 15 is 0 Å². The van der Waals surface area contributed by atoms with Crippen molar-refractivity contribution >= 4 is 17.5 Å². The number of carbonyl (C=O) groups is 1. The predicted molar refractivity (Wildman–Crippen MR) is 94.6 cm³/mol. The Morgan fingerprint density at radius 3 is 2.52 bits per heavy atom. The lowest BCUT2D eigenvalue weighted by Crippen LogP contribution is -2.52. The number of benzene rings is 1. The first kappa shape index (κ1) is 19.2. The van der Waals surface area contributed by atoms with Gasteiger partial charge in [0.05, 0.1) is 17.3 Å². The molecule has 1 aliphatic heterocycles. The quantitative estimate of drug-likeness (QED) is 0.880. The normalized spacial score (nSPS) is 17.0. The number of amides is 1. The number of hydrogen-bond donors (Lipinski definition) is 1. The Kier molecular flexibility index (Phi) is 5.41. The second-order valence-electron chi connectivity index (χ2n) is 6.57. The molecule has 1 aromatic heterocycles. The highest BCUT2D eigenvalue weighted by Gasteiger charge is 2.31. The maximum Gasteiger partial charge on any atom is 0.416 e. The first-order valence-corrected chi connectivity index (χ1v) is 8.64. The van der Waals surface area contributed by atoms with Gasteiger partial charge in [-0.3, -0.25) is 15.0 Å². The molecule has 9 heteroatoms. The minimum Gasteiger partial charge on any atom is -0.369 e. The number of carbonyl (C=O) groups excluding carboxylic acids is 1. The van der Waals surface area contributed by atoms with Gasteiger partial charge in [-0.2, -0.15) is 13.2 Å². The summed E-state index contributed by atoms with van der Waals surface area (Å²) in [6.45, 7) is 5.77. The van der Waals surface area contributed by atoms with Crippen molar-refractivity contribution in [2.75, 3.05) is 36.4 Å². The second-order valence-corrected chi connectivity index (χ2v) is 6.57. The maximum atomic E-state index is 12.9. The zero-order valence-electron chi connectivity index (χ0n) is 15.1. The van der Waals surface area contributed by atoms with Crippen molar-refractivity contribution in [1.82, 2.24) is 10.1 Å². The molecule has 6 nitrogen and oxygen atoms in total. The molecule has 2 heterocycles. The third kappa shape index (κ3) is 4.60. The molecule has 0 radical (unpaired) electrons. The highest BCUT2D eigenvalue weighted by atomic mass is 19.4. The fourth-order valence-corrected chi connectivity index (χ4v) is 3.06. The number of aromatic nitrogens is 1. The second kappa shape index (κ2) is 7.59. The molecule has 1 amide bonds. The lowest BCUT2D eigenvalue weighted by molar-refractivity contribution is -0.137. The average molecular weight is 382 g/mol. The van der Waals surface area contributed by atoms with Gasteiger partial charge in [0.1, 0.15) is 0 Å². The minimum atomic E-state index is -4.36. The smallest absolute Gasteiger partial charge is 0.369 e. The van der Waals surface area contributed by atoms with Crippen LogP contribution in [0.2, 0.25) is 0 Å². The number of rotatable bonds is 4. The molecule has 146 valence electrons. The topological polar surface area (TPSA) is 61.6 Å². The summed E-state index contributed by atoms with van der Waals surface area (Å²) >= 11 is 0. The third-order valence-electron chi connectivity index (χ3n) is 4.65. The molecule has 3 rings (SSSR count). The molecule has 27 heavy (non-hydrogen) atoms. The van der Waals surface area contributed by atoms with Crippen LogP contribution in [-0.2, 0) is 11.0 Å². The molecule has 0 aliphatic carbocycles. The fraction of sp³-hybridized carbons (Fsp3) is 0.444. The zero-order valence-corrected chi connectivity index (χ0v) is 15.1. The van der Waals surface area contributed by atoms with Crippen LogP contribution in [0.1, 0.15) is 18.2 Å². The van der Waals surface area contributed by atoms with Crippen LogP contribution in [0.4, 0.5) is 24.7 Å². The van der Waals surface area contributed by atoms with Gasteiger partial charge >= 0.3 is 6.18 Å². The first-order chi connectivity index (χ1) is 12.7. The molecule has 1 atom stereocenters. The van der Waals surface area contributed by atoms with Gasteiger partial charge in [-0.15, -0.1) is 0 Å². The minimum absolute atomic E-state index is 0.210. The Morgan fingerprint density at radius 2 is 1.93 bits per heavy atom. The summed E-state index contributed by atoms with van der Waals surface area (Å²) in [5, 5.41) is 6.40. The van der Waals surface area contributed by atoms with Gasteiger partial charge in [0, 0.05) is 37.9 Å². The van der Waals surface area contributed by atoms with E-state index in [4.69, 9.17) is 4.52 Å². The third-order valence-corrected chi connectivity index (χ3v) is 4.65. The van der Waals surface area contributed by atoms with Gasteiger partial charge in [-0.1, -0.05) is 11.2 Å². The standard InChI is InChI=1S/C18H21F3N4O2/c1-12-10-16(27-23-12)22-17(26)13(2)24-6-8-25(9-7-24)15-5-3-4-14(11-15)18(19,20)21/h3-5,10-11,13H,6-9H2,1-2H3,(H,22,26). The molecule has 1 aliphatic rings. The average Bonchev–Trinajstić information content (AvgIpc) is 3.05. The van der Waals surface area contributed by atoms with Crippen molar-refractivity contribution in [3.05, 3.63) is 41.6 Å². The summed E-state index contributed by atoms with van der Waals surface area (Å²) in [7, 11) is 0. The van der Waals surface area contributed by atoms with Crippen LogP contribution in [0, 0.1) is 6.92 Å². The molecule has 1 saturated heterocycles. The van der Waals surface area contributed by atoms with E-state index in [1.807, 2.05) is 9.80 Å². The summed E-state index contributed by atoms with van der Waals surface area (Å²) < 4.78 is 43.7. The van der Waals surface area contributed by atoms with Gasteiger partial charge in [-0.05, 0) is 32.0 Å². The van der Waals surface area contributed by atoms with E-state index in [2.05, 4.69) is 10.5 Å². The first-order valence-electron chi connectivity index (χ1n) is 8.64. The summed E-state index contributed by atoms with van der Waals surface area (Å²) in [4.78, 5) is 16.2. The highest BCUT2D eigenvalue weighted by molar-refractivity contribution is 5.93. The van der Waals surface area contributed by atoms with Crippen LogP contribution in [-0.4, -0.2) is 48.2 Å². The van der Waals surface area contributed by atoms with Gasteiger partial charge in [0.15, 0.2) is 0 Å². The molecule has 1 unspecified atom stereocenters. The summed E-state index contributed by atoms with van der Waals surface area (Å²) in [6, 6.07) is 6.57. The summed E-state index contributed by atoms with van der Waals surface area (Å²) in [6.07, 6.45) is -4.36. The van der Waals surface area contributed by atoms with E-state index in [0.717, 1.165) is 12.1 Å².